The Bertz CT molecular complexity index is 712. The van der Waals surface area contributed by atoms with E-state index in [1.165, 1.54) is 38.2 Å². The van der Waals surface area contributed by atoms with E-state index in [1.807, 2.05) is 6.92 Å². The second-order valence-electron chi connectivity index (χ2n) is 7.13. The van der Waals surface area contributed by atoms with Crippen LogP contribution in [0.4, 0.5) is 0 Å². The molecule has 0 aliphatic rings. The fourth-order valence-electron chi connectivity index (χ4n) is 2.55. The first-order valence-corrected chi connectivity index (χ1v) is 10.3. The Labute approximate surface area is 157 Å². The molecule has 0 heterocycles. The lowest BCUT2D eigenvalue weighted by Gasteiger charge is -2.19. The number of benzene rings is 1. The van der Waals surface area contributed by atoms with Gasteiger partial charge in [0.2, 0.25) is 15.9 Å². The Morgan fingerprint density at radius 1 is 1.08 bits per heavy atom. The lowest BCUT2D eigenvalue weighted by molar-refractivity contribution is -0.121. The molecule has 7 heteroatoms. The van der Waals surface area contributed by atoms with Gasteiger partial charge in [0, 0.05) is 18.7 Å². The molecule has 146 valence electrons. The number of hydrogen-bond donors (Lipinski definition) is 1. The Hall–Kier alpha value is -1.73. The molecule has 0 saturated heterocycles. The van der Waals surface area contributed by atoms with Gasteiger partial charge in [-0.05, 0) is 38.3 Å². The van der Waals surface area contributed by atoms with Crippen molar-refractivity contribution in [1.29, 1.82) is 0 Å². The number of ketones is 1. The van der Waals surface area contributed by atoms with Crippen LogP contribution in [-0.4, -0.2) is 44.0 Å². The Kier molecular flexibility index (Phi) is 8.43. The van der Waals surface area contributed by atoms with Crippen LogP contribution in [0.15, 0.2) is 29.2 Å². The highest BCUT2D eigenvalue weighted by atomic mass is 32.2. The van der Waals surface area contributed by atoms with Crippen LogP contribution in [0.2, 0.25) is 0 Å². The molecule has 0 unspecified atom stereocenters. The maximum absolute atomic E-state index is 12.5. The van der Waals surface area contributed by atoms with Crippen LogP contribution in [0.1, 0.15) is 57.3 Å². The third-order valence-corrected chi connectivity index (χ3v) is 5.98. The Morgan fingerprint density at radius 2 is 1.65 bits per heavy atom. The van der Waals surface area contributed by atoms with E-state index in [0.29, 0.717) is 11.5 Å². The van der Waals surface area contributed by atoms with E-state index in [2.05, 4.69) is 19.2 Å². The molecule has 1 amide bonds. The SMILES string of the molecule is CC(=O)c1ccc(S(=O)(=O)N(C)CC(=O)N[C@H](C)CCCC(C)C)cc1. The topological polar surface area (TPSA) is 83.6 Å². The van der Waals surface area contributed by atoms with Crippen LogP contribution in [-0.2, 0) is 14.8 Å². The van der Waals surface area contributed by atoms with Crippen LogP contribution in [0.3, 0.4) is 0 Å². The van der Waals surface area contributed by atoms with Gasteiger partial charge in [0.05, 0.1) is 11.4 Å². The molecule has 0 aliphatic heterocycles. The number of nitrogens with zero attached hydrogens (tertiary/aromatic N) is 1. The van der Waals surface area contributed by atoms with Crippen molar-refractivity contribution < 1.29 is 18.0 Å². The van der Waals surface area contributed by atoms with E-state index in [-0.39, 0.29) is 29.2 Å². The number of Topliss-reactive ketones (excluding diaryl/α,β-unsaturated/α-hetero) is 1. The molecule has 1 rings (SSSR count). The number of carbonyl (C=O) groups excluding carboxylic acids is 2. The summed E-state index contributed by atoms with van der Waals surface area (Å²) in [5.74, 6) is 0.171. The van der Waals surface area contributed by atoms with E-state index in [1.54, 1.807) is 0 Å². The average molecular weight is 383 g/mol. The third-order valence-electron chi connectivity index (χ3n) is 4.16. The second-order valence-corrected chi connectivity index (χ2v) is 9.18. The van der Waals surface area contributed by atoms with E-state index in [0.717, 1.165) is 23.6 Å². The van der Waals surface area contributed by atoms with Gasteiger partial charge < -0.3 is 5.32 Å². The summed E-state index contributed by atoms with van der Waals surface area (Å²) in [7, 11) is -2.41. The quantitative estimate of drug-likeness (QED) is 0.631. The summed E-state index contributed by atoms with van der Waals surface area (Å²) in [5.41, 5.74) is 0.444. The Morgan fingerprint density at radius 3 is 2.15 bits per heavy atom. The summed E-state index contributed by atoms with van der Waals surface area (Å²) >= 11 is 0. The lowest BCUT2D eigenvalue weighted by atomic mass is 10.0. The van der Waals surface area contributed by atoms with Crippen molar-refractivity contribution in [3.8, 4) is 0 Å². The van der Waals surface area contributed by atoms with Crippen molar-refractivity contribution in [2.45, 2.75) is 57.9 Å². The Balaban J connectivity index is 2.63. The number of sulfonamides is 1. The van der Waals surface area contributed by atoms with Gasteiger partial charge >= 0.3 is 0 Å². The van der Waals surface area contributed by atoms with Crippen LogP contribution in [0, 0.1) is 5.92 Å². The molecule has 1 aromatic carbocycles. The van der Waals surface area contributed by atoms with E-state index < -0.39 is 10.0 Å². The smallest absolute Gasteiger partial charge is 0.243 e. The monoisotopic (exact) mass is 382 g/mol. The highest BCUT2D eigenvalue weighted by Crippen LogP contribution is 2.15. The van der Waals surface area contributed by atoms with Gasteiger partial charge in [-0.15, -0.1) is 0 Å². The zero-order chi connectivity index (χ0) is 19.9. The fraction of sp³-hybridized carbons (Fsp3) is 0.579. The second kappa shape index (κ2) is 9.83. The van der Waals surface area contributed by atoms with Crippen LogP contribution in [0.25, 0.3) is 0 Å². The van der Waals surface area contributed by atoms with Crippen molar-refractivity contribution in [2.24, 2.45) is 5.92 Å². The normalized spacial score (nSPS) is 13.0. The highest BCUT2D eigenvalue weighted by Gasteiger charge is 2.23. The molecule has 0 fully saturated rings. The molecule has 26 heavy (non-hydrogen) atoms. The van der Waals surface area contributed by atoms with Crippen molar-refractivity contribution >= 4 is 21.7 Å². The molecule has 0 bridgehead atoms. The molecule has 0 spiro atoms. The molecule has 0 aromatic heterocycles. The molecule has 1 atom stereocenters. The number of carbonyl (C=O) groups is 2. The zero-order valence-corrected chi connectivity index (χ0v) is 17.1. The maximum Gasteiger partial charge on any atom is 0.243 e. The summed E-state index contributed by atoms with van der Waals surface area (Å²) in [6.45, 7) is 7.42. The fourth-order valence-corrected chi connectivity index (χ4v) is 3.68. The van der Waals surface area contributed by atoms with Crippen molar-refractivity contribution in [1.82, 2.24) is 9.62 Å². The maximum atomic E-state index is 12.5. The average Bonchev–Trinajstić information content (AvgIpc) is 2.54. The molecule has 1 aromatic rings. The summed E-state index contributed by atoms with van der Waals surface area (Å²) in [6, 6.07) is 5.72. The number of hydrogen-bond acceptors (Lipinski definition) is 4. The predicted molar refractivity (Wildman–Crippen MR) is 103 cm³/mol. The van der Waals surface area contributed by atoms with E-state index in [9.17, 15) is 18.0 Å². The van der Waals surface area contributed by atoms with Gasteiger partial charge in [-0.1, -0.05) is 38.8 Å². The summed E-state index contributed by atoms with van der Waals surface area (Å²) in [6.07, 6.45) is 2.99. The minimum Gasteiger partial charge on any atom is -0.353 e. The number of likely N-dealkylation sites (N-methyl/N-ethyl adjacent to an activating group) is 1. The van der Waals surface area contributed by atoms with Crippen LogP contribution in [0.5, 0.6) is 0 Å². The molecule has 6 nitrogen and oxygen atoms in total. The largest absolute Gasteiger partial charge is 0.353 e. The minimum absolute atomic E-state index is 0.00667. The minimum atomic E-state index is -3.78. The van der Waals surface area contributed by atoms with Crippen LogP contribution < -0.4 is 5.32 Å². The first-order valence-electron chi connectivity index (χ1n) is 8.90. The van der Waals surface area contributed by atoms with Crippen molar-refractivity contribution in [3.63, 3.8) is 0 Å². The summed E-state index contributed by atoms with van der Waals surface area (Å²) in [4.78, 5) is 23.5. The van der Waals surface area contributed by atoms with E-state index >= 15 is 0 Å². The van der Waals surface area contributed by atoms with Crippen molar-refractivity contribution in [3.05, 3.63) is 29.8 Å². The molecule has 1 N–H and O–H groups in total. The van der Waals surface area contributed by atoms with E-state index in [4.69, 9.17) is 0 Å². The van der Waals surface area contributed by atoms with Gasteiger partial charge in [-0.25, -0.2) is 8.42 Å². The van der Waals surface area contributed by atoms with Crippen molar-refractivity contribution in [2.75, 3.05) is 13.6 Å². The number of amides is 1. The number of nitrogens with one attached hydrogen (secondary N) is 1. The molecule has 0 saturated carbocycles. The zero-order valence-electron chi connectivity index (χ0n) is 16.3. The molecular formula is C19H30N2O4S. The highest BCUT2D eigenvalue weighted by molar-refractivity contribution is 7.89. The standard InChI is InChI=1S/C19H30N2O4S/c1-14(2)7-6-8-15(3)20-19(23)13-21(5)26(24,25)18-11-9-17(10-12-18)16(4)22/h9-12,14-15H,6-8,13H2,1-5H3,(H,20,23)/t15-/m1/s1. The molecule has 0 radical (unpaired) electrons. The first kappa shape index (κ1) is 22.3. The lowest BCUT2D eigenvalue weighted by Crippen LogP contribution is -2.41. The number of rotatable bonds is 10. The summed E-state index contributed by atoms with van der Waals surface area (Å²) < 4.78 is 26.1. The third kappa shape index (κ3) is 6.88. The van der Waals surface area contributed by atoms with Gasteiger partial charge in [-0.3, -0.25) is 9.59 Å². The molecular weight excluding hydrogens is 352 g/mol. The van der Waals surface area contributed by atoms with Crippen LogP contribution >= 0.6 is 0 Å². The predicted octanol–water partition coefficient (Wildman–Crippen LogP) is 2.84. The van der Waals surface area contributed by atoms with Gasteiger partial charge in [0.15, 0.2) is 5.78 Å². The van der Waals surface area contributed by atoms with Gasteiger partial charge in [-0.2, -0.15) is 4.31 Å². The molecule has 0 aliphatic carbocycles. The first-order chi connectivity index (χ1) is 12.0. The van der Waals surface area contributed by atoms with Gasteiger partial charge in [0.25, 0.3) is 0 Å². The summed E-state index contributed by atoms with van der Waals surface area (Å²) in [5, 5.41) is 2.84. The van der Waals surface area contributed by atoms with Gasteiger partial charge in [0.1, 0.15) is 0 Å².